The topological polar surface area (TPSA) is 102 Å². The molecule has 1 unspecified atom stereocenters. The van der Waals surface area contributed by atoms with Gasteiger partial charge < -0.3 is 9.32 Å². The van der Waals surface area contributed by atoms with Gasteiger partial charge in [-0.1, -0.05) is 6.07 Å². The molecular weight excluding hydrogens is 392 g/mol. The molecule has 3 heterocycles. The van der Waals surface area contributed by atoms with Gasteiger partial charge >= 0.3 is 0 Å². The Morgan fingerprint density at radius 3 is 2.83 bits per heavy atom. The van der Waals surface area contributed by atoms with E-state index in [2.05, 4.69) is 10.2 Å². The maximum Gasteiger partial charge on any atom is 0.269 e. The molecule has 1 amide bonds. The predicted molar refractivity (Wildman–Crippen MR) is 108 cm³/mol. The fraction of sp³-hybridized carbons (Fsp3) is 0.250. The van der Waals surface area contributed by atoms with E-state index in [0.29, 0.717) is 24.9 Å². The summed E-state index contributed by atoms with van der Waals surface area (Å²) in [4.78, 5) is 25.5. The summed E-state index contributed by atoms with van der Waals surface area (Å²) < 4.78 is 5.83. The third-order valence-electron chi connectivity index (χ3n) is 4.78. The molecule has 0 N–H and O–H groups in total. The Balaban J connectivity index is 1.40. The number of carbonyl (C=O) groups is 1. The molecule has 1 aliphatic heterocycles. The molecule has 1 aliphatic rings. The molecule has 0 radical (unpaired) electrons. The number of piperidine rings is 1. The van der Waals surface area contributed by atoms with Crippen molar-refractivity contribution in [3.05, 3.63) is 69.4 Å². The molecule has 1 atom stereocenters. The van der Waals surface area contributed by atoms with E-state index in [1.165, 1.54) is 18.2 Å². The molecule has 0 spiro atoms. The molecule has 9 heteroatoms. The summed E-state index contributed by atoms with van der Waals surface area (Å²) in [7, 11) is 0. The first-order valence-electron chi connectivity index (χ1n) is 9.19. The summed E-state index contributed by atoms with van der Waals surface area (Å²) in [6, 6.07) is 9.93. The van der Waals surface area contributed by atoms with Crippen molar-refractivity contribution in [1.29, 1.82) is 0 Å². The Bertz CT molecular complexity index is 1030. The number of aromatic nitrogens is 2. The summed E-state index contributed by atoms with van der Waals surface area (Å²) in [5, 5.41) is 21.0. The third kappa shape index (κ3) is 4.40. The Morgan fingerprint density at radius 2 is 2.10 bits per heavy atom. The number of benzene rings is 1. The van der Waals surface area contributed by atoms with Crippen molar-refractivity contribution in [2.45, 2.75) is 18.8 Å². The van der Waals surface area contributed by atoms with Crippen molar-refractivity contribution in [3.63, 3.8) is 0 Å². The summed E-state index contributed by atoms with van der Waals surface area (Å²) >= 11 is 1.54. The molecular formula is C20H18N4O4S. The van der Waals surface area contributed by atoms with Crippen LogP contribution in [-0.4, -0.2) is 39.0 Å². The number of nitro benzene ring substituents is 1. The van der Waals surface area contributed by atoms with E-state index in [1.807, 2.05) is 17.5 Å². The van der Waals surface area contributed by atoms with E-state index in [0.717, 1.165) is 23.3 Å². The quantitative estimate of drug-likeness (QED) is 0.356. The number of hydrogen-bond acceptors (Lipinski definition) is 7. The number of likely N-dealkylation sites (tertiary alicyclic amines) is 1. The van der Waals surface area contributed by atoms with Crippen LogP contribution in [0.3, 0.4) is 0 Å². The number of rotatable bonds is 5. The molecule has 8 nitrogen and oxygen atoms in total. The van der Waals surface area contributed by atoms with Crippen molar-refractivity contribution < 1.29 is 14.1 Å². The minimum atomic E-state index is -0.450. The van der Waals surface area contributed by atoms with Gasteiger partial charge in [0, 0.05) is 31.3 Å². The monoisotopic (exact) mass is 410 g/mol. The van der Waals surface area contributed by atoms with Crippen LogP contribution >= 0.6 is 11.3 Å². The van der Waals surface area contributed by atoms with Gasteiger partial charge in [0.1, 0.15) is 0 Å². The molecule has 3 aromatic rings. The van der Waals surface area contributed by atoms with Gasteiger partial charge in [-0.3, -0.25) is 14.9 Å². The van der Waals surface area contributed by atoms with Gasteiger partial charge in [-0.25, -0.2) is 0 Å². The average molecular weight is 410 g/mol. The first-order chi connectivity index (χ1) is 14.1. The zero-order chi connectivity index (χ0) is 20.2. The lowest BCUT2D eigenvalue weighted by Crippen LogP contribution is -2.38. The number of amides is 1. The SMILES string of the molecule is O=C(/C=C/c1ccc([N+](=O)[O-])cc1)N1CCCC(c2nnc(-c3cccs3)o2)C1. The molecule has 0 aliphatic carbocycles. The fourth-order valence-electron chi connectivity index (χ4n) is 3.26. The van der Waals surface area contributed by atoms with E-state index >= 15 is 0 Å². The van der Waals surface area contributed by atoms with Crippen molar-refractivity contribution in [2.24, 2.45) is 0 Å². The zero-order valence-electron chi connectivity index (χ0n) is 15.4. The van der Waals surface area contributed by atoms with E-state index < -0.39 is 4.92 Å². The number of nitro groups is 1. The van der Waals surface area contributed by atoms with Crippen LogP contribution in [0.2, 0.25) is 0 Å². The largest absolute Gasteiger partial charge is 0.420 e. The summed E-state index contributed by atoms with van der Waals surface area (Å²) in [5.74, 6) is 0.981. The van der Waals surface area contributed by atoms with Crippen LogP contribution in [0.1, 0.15) is 30.2 Å². The van der Waals surface area contributed by atoms with E-state index in [4.69, 9.17) is 4.42 Å². The summed E-state index contributed by atoms with van der Waals surface area (Å²) in [6.07, 6.45) is 4.91. The molecule has 0 bridgehead atoms. The summed E-state index contributed by atoms with van der Waals surface area (Å²) in [5.41, 5.74) is 0.754. The molecule has 29 heavy (non-hydrogen) atoms. The van der Waals surface area contributed by atoms with Crippen LogP contribution in [0.5, 0.6) is 0 Å². The molecule has 1 saturated heterocycles. The summed E-state index contributed by atoms with van der Waals surface area (Å²) in [6.45, 7) is 1.20. The van der Waals surface area contributed by atoms with Gasteiger partial charge in [0.05, 0.1) is 15.7 Å². The highest BCUT2D eigenvalue weighted by atomic mass is 32.1. The van der Waals surface area contributed by atoms with Crippen molar-refractivity contribution in [1.82, 2.24) is 15.1 Å². The van der Waals surface area contributed by atoms with Gasteiger partial charge in [0.15, 0.2) is 0 Å². The van der Waals surface area contributed by atoms with Gasteiger partial charge in [-0.05, 0) is 48.1 Å². The van der Waals surface area contributed by atoms with Crippen LogP contribution in [0.4, 0.5) is 5.69 Å². The van der Waals surface area contributed by atoms with Crippen molar-refractivity contribution in [2.75, 3.05) is 13.1 Å². The molecule has 2 aromatic heterocycles. The second-order valence-electron chi connectivity index (χ2n) is 6.73. The van der Waals surface area contributed by atoms with Gasteiger partial charge in [0.2, 0.25) is 11.8 Å². The number of thiophene rings is 1. The highest BCUT2D eigenvalue weighted by Gasteiger charge is 2.27. The van der Waals surface area contributed by atoms with Crippen LogP contribution in [0.15, 0.2) is 52.3 Å². The molecule has 148 valence electrons. The maximum atomic E-state index is 12.6. The van der Waals surface area contributed by atoms with E-state index in [9.17, 15) is 14.9 Å². The average Bonchev–Trinajstić information content (AvgIpc) is 3.44. The van der Waals surface area contributed by atoms with Crippen LogP contribution < -0.4 is 0 Å². The lowest BCUT2D eigenvalue weighted by atomic mass is 9.98. The third-order valence-corrected chi connectivity index (χ3v) is 5.64. The van der Waals surface area contributed by atoms with Crippen molar-refractivity contribution in [3.8, 4) is 10.8 Å². The normalized spacial score (nSPS) is 17.0. The van der Waals surface area contributed by atoms with E-state index in [1.54, 1.807) is 34.4 Å². The lowest BCUT2D eigenvalue weighted by Gasteiger charge is -2.30. The Hall–Kier alpha value is -3.33. The fourth-order valence-corrected chi connectivity index (χ4v) is 3.90. The zero-order valence-corrected chi connectivity index (χ0v) is 16.2. The van der Waals surface area contributed by atoms with Crippen molar-refractivity contribution >= 4 is 29.0 Å². The minimum absolute atomic E-state index is 0.0155. The number of carbonyl (C=O) groups excluding carboxylic acids is 1. The Morgan fingerprint density at radius 1 is 1.28 bits per heavy atom. The standard InChI is InChI=1S/C20H18N4O4S/c25-18(10-7-14-5-8-16(9-6-14)24(26)27)23-11-1-3-15(13-23)19-21-22-20(28-19)17-4-2-12-29-17/h2,4-10,12,15H,1,3,11,13H2/b10-7+. The molecule has 1 aromatic carbocycles. The van der Waals surface area contributed by atoms with E-state index in [-0.39, 0.29) is 17.5 Å². The highest BCUT2D eigenvalue weighted by molar-refractivity contribution is 7.13. The first kappa shape index (κ1) is 19.0. The molecule has 1 fully saturated rings. The van der Waals surface area contributed by atoms with Gasteiger partial charge in [-0.15, -0.1) is 21.5 Å². The predicted octanol–water partition coefficient (Wildman–Crippen LogP) is 4.13. The molecule has 4 rings (SSSR count). The lowest BCUT2D eigenvalue weighted by molar-refractivity contribution is -0.384. The van der Waals surface area contributed by atoms with Crippen LogP contribution in [-0.2, 0) is 4.79 Å². The number of hydrogen-bond donors (Lipinski definition) is 0. The van der Waals surface area contributed by atoms with Crippen LogP contribution in [0.25, 0.3) is 16.8 Å². The molecule has 0 saturated carbocycles. The van der Waals surface area contributed by atoms with Gasteiger partial charge in [0.25, 0.3) is 11.6 Å². The number of non-ortho nitro benzene ring substituents is 1. The van der Waals surface area contributed by atoms with Gasteiger partial charge in [-0.2, -0.15) is 0 Å². The first-order valence-corrected chi connectivity index (χ1v) is 10.1. The second kappa shape index (κ2) is 8.36. The Kier molecular flexibility index (Phi) is 5.48. The highest BCUT2D eigenvalue weighted by Crippen LogP contribution is 2.30. The van der Waals surface area contributed by atoms with Crippen LogP contribution in [0, 0.1) is 10.1 Å². The second-order valence-corrected chi connectivity index (χ2v) is 7.68. The number of nitrogens with zero attached hydrogens (tertiary/aromatic N) is 4. The Labute approximate surface area is 170 Å². The maximum absolute atomic E-state index is 12.6. The smallest absolute Gasteiger partial charge is 0.269 e. The minimum Gasteiger partial charge on any atom is -0.420 e.